The highest BCUT2D eigenvalue weighted by Crippen LogP contribution is 2.31. The van der Waals surface area contributed by atoms with Gasteiger partial charge in [0.15, 0.2) is 0 Å². The molecular formula is C3B3F9O12S3. The van der Waals surface area contributed by atoms with E-state index in [1.165, 1.54) is 0 Å². The number of hydrogen-bond donors (Lipinski definition) is 0. The van der Waals surface area contributed by atoms with Crippen molar-refractivity contribution in [2.24, 2.45) is 0 Å². The van der Waals surface area contributed by atoms with Crippen molar-refractivity contribution in [3.05, 3.63) is 0 Å². The first-order valence-corrected chi connectivity index (χ1v) is 10.2. The lowest BCUT2D eigenvalue weighted by molar-refractivity contribution is -0.0539. The van der Waals surface area contributed by atoms with Crippen molar-refractivity contribution >= 4 is 52.3 Å². The van der Waals surface area contributed by atoms with E-state index in [1.54, 1.807) is 0 Å². The molecule has 30 heavy (non-hydrogen) atoms. The van der Waals surface area contributed by atoms with E-state index in [-0.39, 0.29) is 0 Å². The van der Waals surface area contributed by atoms with Crippen LogP contribution >= 0.6 is 0 Å². The SMILES string of the molecule is O=S(=O)(OB1OB(OS(=O)(=O)C(F)(F)F)OB(OS(=O)(=O)C(F)(F)F)O1)C(F)(F)F. The summed E-state index contributed by atoms with van der Waals surface area (Å²) in [5.74, 6) is 0. The fraction of sp³-hybridized carbons (Fsp3) is 1.00. The summed E-state index contributed by atoms with van der Waals surface area (Å²) >= 11 is 0. The minimum absolute atomic E-state index is 3.11. The molecule has 0 aliphatic carbocycles. The fourth-order valence-electron chi connectivity index (χ4n) is 0.978. The Bertz CT molecular complexity index is 806. The molecule has 1 aliphatic heterocycles. The Morgan fingerprint density at radius 1 is 0.467 bits per heavy atom. The Hall–Kier alpha value is -0.825. The quantitative estimate of drug-likeness (QED) is 0.250. The standard InChI is InChI=1S/C3B3F9O12S3/c7-1(8,9)28(16,17)25-4-22-5(26-29(18,19)2(10,11)12)24-6(23-4)27-30(20,21)3(13,14)15. The van der Waals surface area contributed by atoms with Gasteiger partial charge < -0.3 is 13.7 Å². The van der Waals surface area contributed by atoms with Crippen molar-refractivity contribution in [2.75, 3.05) is 0 Å². The summed E-state index contributed by atoms with van der Waals surface area (Å²) in [5.41, 5.74) is -18.8. The minimum atomic E-state index is -6.75. The third kappa shape index (κ3) is 6.58. The van der Waals surface area contributed by atoms with E-state index in [4.69, 9.17) is 0 Å². The zero-order valence-electron chi connectivity index (χ0n) is 12.8. The molecule has 1 saturated heterocycles. The van der Waals surface area contributed by atoms with E-state index < -0.39 is 68.8 Å². The van der Waals surface area contributed by atoms with E-state index in [1.807, 2.05) is 0 Å². The van der Waals surface area contributed by atoms with E-state index in [9.17, 15) is 64.8 Å². The van der Waals surface area contributed by atoms with Crippen LogP contribution in [0.1, 0.15) is 0 Å². The van der Waals surface area contributed by atoms with Crippen LogP contribution in [0.25, 0.3) is 0 Å². The number of hydrogen-bond acceptors (Lipinski definition) is 12. The molecule has 0 radical (unpaired) electrons. The molecule has 0 spiro atoms. The molecule has 0 aromatic rings. The average molecular weight is 528 g/mol. The highest BCUT2D eigenvalue weighted by molar-refractivity contribution is 7.89. The molecule has 0 aromatic heterocycles. The summed E-state index contributed by atoms with van der Waals surface area (Å²) < 4.78 is 195. The topological polar surface area (TPSA) is 158 Å². The van der Waals surface area contributed by atoms with Crippen LogP contribution in [0.4, 0.5) is 39.5 Å². The third-order valence-electron chi connectivity index (χ3n) is 2.13. The van der Waals surface area contributed by atoms with Gasteiger partial charge in [0, 0.05) is 0 Å². The molecule has 1 heterocycles. The Kier molecular flexibility index (Phi) is 7.50. The van der Waals surface area contributed by atoms with Crippen molar-refractivity contribution < 1.29 is 90.8 Å². The van der Waals surface area contributed by atoms with Gasteiger partial charge in [-0.2, -0.15) is 64.8 Å². The van der Waals surface area contributed by atoms with Gasteiger partial charge in [-0.05, 0) is 0 Å². The second-order valence-electron chi connectivity index (χ2n) is 4.26. The maximum atomic E-state index is 12.2. The van der Waals surface area contributed by atoms with Gasteiger partial charge in [0.2, 0.25) is 0 Å². The van der Waals surface area contributed by atoms with Crippen LogP contribution in [0.3, 0.4) is 0 Å². The van der Waals surface area contributed by atoms with Gasteiger partial charge in [-0.15, -0.1) is 0 Å². The lowest BCUT2D eigenvalue weighted by Crippen LogP contribution is -2.56. The molecule has 174 valence electrons. The lowest BCUT2D eigenvalue weighted by atomic mass is 9.98. The molecule has 27 heteroatoms. The largest absolute Gasteiger partial charge is 0.630 e. The average Bonchev–Trinajstić information content (AvgIpc) is 2.41. The van der Waals surface area contributed by atoms with E-state index in [0.29, 0.717) is 0 Å². The molecule has 0 N–H and O–H groups in total. The molecule has 0 atom stereocenters. The number of rotatable bonds is 6. The summed E-state index contributed by atoms with van der Waals surface area (Å²) in [6.07, 6.45) is 0. The maximum Gasteiger partial charge on any atom is 0.630 e. The van der Waals surface area contributed by atoms with E-state index >= 15 is 0 Å². The second-order valence-corrected chi connectivity index (χ2v) is 8.95. The van der Waals surface area contributed by atoms with Crippen LogP contribution in [0, 0.1) is 0 Å². The highest BCUT2D eigenvalue weighted by Gasteiger charge is 2.60. The minimum Gasteiger partial charge on any atom is -0.399 e. The van der Waals surface area contributed by atoms with Gasteiger partial charge in [0.25, 0.3) is 0 Å². The van der Waals surface area contributed by atoms with Crippen molar-refractivity contribution in [1.29, 1.82) is 0 Å². The Labute approximate surface area is 160 Å². The van der Waals surface area contributed by atoms with E-state index in [2.05, 4.69) is 26.0 Å². The summed E-state index contributed by atoms with van der Waals surface area (Å²) in [4.78, 5) is 0. The summed E-state index contributed by atoms with van der Waals surface area (Å²) in [7, 11) is -30.9. The smallest absolute Gasteiger partial charge is 0.399 e. The molecule has 0 saturated carbocycles. The van der Waals surface area contributed by atoms with Crippen LogP contribution in [0.5, 0.6) is 0 Å². The summed E-state index contributed by atoms with van der Waals surface area (Å²) in [5, 5.41) is 0. The predicted molar refractivity (Wildman–Crippen MR) is 68.7 cm³/mol. The number of halogens is 9. The van der Waals surface area contributed by atoms with Crippen LogP contribution < -0.4 is 0 Å². The van der Waals surface area contributed by atoms with Crippen molar-refractivity contribution in [1.82, 2.24) is 0 Å². The van der Waals surface area contributed by atoms with E-state index in [0.717, 1.165) is 0 Å². The van der Waals surface area contributed by atoms with Crippen LogP contribution in [0.2, 0.25) is 0 Å². The number of alkyl halides is 9. The highest BCUT2D eigenvalue weighted by atomic mass is 32.2. The second kappa shape index (κ2) is 8.26. The molecule has 0 unspecified atom stereocenters. The molecular weight excluding hydrogens is 528 g/mol. The van der Waals surface area contributed by atoms with Gasteiger partial charge >= 0.3 is 68.8 Å². The zero-order chi connectivity index (χ0) is 24.0. The van der Waals surface area contributed by atoms with Crippen molar-refractivity contribution in [2.45, 2.75) is 16.5 Å². The van der Waals surface area contributed by atoms with Crippen LogP contribution in [-0.2, 0) is 56.4 Å². The Balaban J connectivity index is 3.20. The van der Waals surface area contributed by atoms with Gasteiger partial charge in [0.05, 0.1) is 0 Å². The molecule has 0 bridgehead atoms. The maximum absolute atomic E-state index is 12.2. The fourth-order valence-corrected chi connectivity index (χ4v) is 2.20. The van der Waals surface area contributed by atoms with Crippen LogP contribution in [0.15, 0.2) is 0 Å². The normalized spacial score (nSPS) is 18.1. The Morgan fingerprint density at radius 3 is 0.767 bits per heavy atom. The first-order chi connectivity index (χ1) is 13.0. The van der Waals surface area contributed by atoms with Gasteiger partial charge in [-0.3, -0.25) is 12.3 Å². The molecule has 1 aliphatic rings. The van der Waals surface area contributed by atoms with Gasteiger partial charge in [-0.25, -0.2) is 0 Å². The van der Waals surface area contributed by atoms with Gasteiger partial charge in [-0.1, -0.05) is 0 Å². The molecule has 12 nitrogen and oxygen atoms in total. The molecule has 0 aromatic carbocycles. The Morgan fingerprint density at radius 2 is 0.633 bits per heavy atom. The molecule has 0 amide bonds. The first kappa shape index (κ1) is 27.2. The first-order valence-electron chi connectivity index (χ1n) is 5.93. The third-order valence-corrected chi connectivity index (χ3v) is 5.07. The van der Waals surface area contributed by atoms with Crippen molar-refractivity contribution in [3.8, 4) is 0 Å². The zero-order valence-corrected chi connectivity index (χ0v) is 15.2. The predicted octanol–water partition coefficient (Wildman–Crippen LogP) is -0.397. The van der Waals surface area contributed by atoms with Crippen LogP contribution in [-0.4, -0.2) is 63.7 Å². The molecule has 1 fully saturated rings. The summed E-state index contributed by atoms with van der Waals surface area (Å²) in [6, 6.07) is 0. The lowest BCUT2D eigenvalue weighted by Gasteiger charge is -2.27. The monoisotopic (exact) mass is 528 g/mol. The van der Waals surface area contributed by atoms with Crippen molar-refractivity contribution in [3.63, 3.8) is 0 Å². The van der Waals surface area contributed by atoms with Gasteiger partial charge in [0.1, 0.15) is 0 Å². The summed E-state index contributed by atoms with van der Waals surface area (Å²) in [6.45, 7) is 0. The molecule has 1 rings (SSSR count).